The molecule has 2 amide bonds. The minimum atomic E-state index is -1.24. The fraction of sp³-hybridized carbons (Fsp3) is 0.483. The van der Waals surface area contributed by atoms with Crippen LogP contribution in [0.1, 0.15) is 36.8 Å². The van der Waals surface area contributed by atoms with Gasteiger partial charge in [-0.2, -0.15) is 0 Å². The fourth-order valence-electron chi connectivity index (χ4n) is 5.66. The van der Waals surface area contributed by atoms with E-state index in [2.05, 4.69) is 0 Å². The highest BCUT2D eigenvalue weighted by Gasteiger charge is 2.53. The number of nitrogens with zero attached hydrogens (tertiary/aromatic N) is 2. The standard InChI is InChI=1S/C29H36N2O8/c1-35-23-16-21(17-24(36-2)25(23)37-3)18-29(27(33)38-4)13-9-15-31(29)26(32)22-12-8-14-30(22)28(34)39-19-20-10-6-5-7-11-20/h5-7,10-11,16-17,22H,8-9,12-15,18-19H2,1-4H3/t22-,29?/m0/s1. The van der Waals surface area contributed by atoms with Gasteiger partial charge in [-0.05, 0) is 48.9 Å². The number of amides is 2. The second-order valence-corrected chi connectivity index (χ2v) is 9.72. The average molecular weight is 541 g/mol. The first-order valence-corrected chi connectivity index (χ1v) is 13.0. The highest BCUT2D eigenvalue weighted by Crippen LogP contribution is 2.42. The van der Waals surface area contributed by atoms with Crippen molar-refractivity contribution in [2.75, 3.05) is 41.5 Å². The molecule has 0 bridgehead atoms. The number of esters is 1. The van der Waals surface area contributed by atoms with Crippen LogP contribution in [-0.4, -0.2) is 80.9 Å². The van der Waals surface area contributed by atoms with E-state index in [9.17, 15) is 14.4 Å². The molecule has 1 unspecified atom stereocenters. The minimum Gasteiger partial charge on any atom is -0.493 e. The van der Waals surface area contributed by atoms with E-state index in [1.807, 2.05) is 30.3 Å². The first kappa shape index (κ1) is 28.1. The van der Waals surface area contributed by atoms with Crippen LogP contribution in [0.15, 0.2) is 42.5 Å². The van der Waals surface area contributed by atoms with E-state index < -0.39 is 23.6 Å². The van der Waals surface area contributed by atoms with Gasteiger partial charge in [0.2, 0.25) is 11.7 Å². The van der Waals surface area contributed by atoms with Crippen LogP contribution >= 0.6 is 0 Å². The summed E-state index contributed by atoms with van der Waals surface area (Å²) in [5.74, 6) is 0.556. The van der Waals surface area contributed by atoms with Crippen LogP contribution in [0.5, 0.6) is 17.2 Å². The molecule has 2 aromatic carbocycles. The van der Waals surface area contributed by atoms with Gasteiger partial charge in [-0.15, -0.1) is 0 Å². The monoisotopic (exact) mass is 540 g/mol. The van der Waals surface area contributed by atoms with Crippen LogP contribution in [0.4, 0.5) is 4.79 Å². The maximum absolute atomic E-state index is 14.0. The quantitative estimate of drug-likeness (QED) is 0.445. The maximum atomic E-state index is 14.0. The number of hydrogen-bond acceptors (Lipinski definition) is 8. The van der Waals surface area contributed by atoms with Crippen molar-refractivity contribution >= 4 is 18.0 Å². The number of rotatable bonds is 9. The van der Waals surface area contributed by atoms with Gasteiger partial charge >= 0.3 is 12.1 Å². The van der Waals surface area contributed by atoms with E-state index in [4.69, 9.17) is 23.7 Å². The Morgan fingerprint density at radius 2 is 1.59 bits per heavy atom. The normalized spacial score (nSPS) is 20.5. The molecule has 0 N–H and O–H groups in total. The number of likely N-dealkylation sites (tertiary alicyclic amines) is 2. The number of ether oxygens (including phenoxy) is 5. The van der Waals surface area contributed by atoms with Crippen LogP contribution in [0.3, 0.4) is 0 Å². The van der Waals surface area contributed by atoms with E-state index in [1.165, 1.54) is 33.3 Å². The number of hydrogen-bond donors (Lipinski definition) is 0. The Hall–Kier alpha value is -3.95. The maximum Gasteiger partial charge on any atom is 0.410 e. The van der Waals surface area contributed by atoms with Crippen LogP contribution < -0.4 is 14.2 Å². The largest absolute Gasteiger partial charge is 0.493 e. The number of carbonyl (C=O) groups excluding carboxylic acids is 3. The highest BCUT2D eigenvalue weighted by molar-refractivity contribution is 5.93. The van der Waals surface area contributed by atoms with E-state index in [0.717, 1.165) is 11.1 Å². The smallest absolute Gasteiger partial charge is 0.410 e. The van der Waals surface area contributed by atoms with Crippen molar-refractivity contribution in [3.63, 3.8) is 0 Å². The van der Waals surface area contributed by atoms with Crippen LogP contribution in [0.25, 0.3) is 0 Å². The third-order valence-corrected chi connectivity index (χ3v) is 7.52. The third-order valence-electron chi connectivity index (χ3n) is 7.52. The van der Waals surface area contributed by atoms with Gasteiger partial charge in [0.15, 0.2) is 11.5 Å². The molecule has 2 aliphatic rings. The van der Waals surface area contributed by atoms with E-state index in [0.29, 0.717) is 56.0 Å². The predicted octanol–water partition coefficient (Wildman–Crippen LogP) is 3.59. The summed E-state index contributed by atoms with van der Waals surface area (Å²) >= 11 is 0. The van der Waals surface area contributed by atoms with Gasteiger partial charge in [0.05, 0.1) is 28.4 Å². The fourth-order valence-corrected chi connectivity index (χ4v) is 5.66. The van der Waals surface area contributed by atoms with Crippen molar-refractivity contribution < 1.29 is 38.1 Å². The Morgan fingerprint density at radius 1 is 0.897 bits per heavy atom. The molecular formula is C29H36N2O8. The van der Waals surface area contributed by atoms with Gasteiger partial charge in [-0.3, -0.25) is 9.69 Å². The molecule has 2 aromatic rings. The summed E-state index contributed by atoms with van der Waals surface area (Å²) in [6, 6.07) is 12.2. The number of carbonyl (C=O) groups is 3. The molecule has 2 heterocycles. The van der Waals surface area contributed by atoms with Crippen molar-refractivity contribution in [2.45, 2.75) is 50.3 Å². The van der Waals surface area contributed by atoms with Gasteiger partial charge in [0, 0.05) is 19.5 Å². The summed E-state index contributed by atoms with van der Waals surface area (Å²) in [5, 5.41) is 0. The molecule has 2 atom stereocenters. The summed E-state index contributed by atoms with van der Waals surface area (Å²) in [5.41, 5.74) is 0.348. The van der Waals surface area contributed by atoms with E-state index >= 15 is 0 Å². The zero-order valence-electron chi connectivity index (χ0n) is 22.9. The van der Waals surface area contributed by atoms with Crippen molar-refractivity contribution in [3.8, 4) is 17.2 Å². The number of methoxy groups -OCH3 is 4. The Balaban J connectivity index is 1.59. The molecule has 0 aliphatic carbocycles. The lowest BCUT2D eigenvalue weighted by atomic mass is 9.87. The molecule has 4 rings (SSSR count). The Morgan fingerprint density at radius 3 is 2.21 bits per heavy atom. The summed E-state index contributed by atoms with van der Waals surface area (Å²) in [6.45, 7) is 0.908. The molecule has 0 radical (unpaired) electrons. The Kier molecular flexibility index (Phi) is 8.83. The van der Waals surface area contributed by atoms with Gasteiger partial charge in [0.25, 0.3) is 0 Å². The molecule has 0 saturated carbocycles. The van der Waals surface area contributed by atoms with Crippen LogP contribution in [0.2, 0.25) is 0 Å². The second-order valence-electron chi connectivity index (χ2n) is 9.72. The molecule has 10 heteroatoms. The first-order chi connectivity index (χ1) is 18.9. The molecule has 39 heavy (non-hydrogen) atoms. The van der Waals surface area contributed by atoms with E-state index in [-0.39, 0.29) is 18.9 Å². The van der Waals surface area contributed by atoms with Crippen LogP contribution in [0, 0.1) is 0 Å². The molecule has 10 nitrogen and oxygen atoms in total. The molecular weight excluding hydrogens is 504 g/mol. The second kappa shape index (κ2) is 12.3. The first-order valence-electron chi connectivity index (χ1n) is 13.0. The lowest BCUT2D eigenvalue weighted by molar-refractivity contribution is -0.160. The zero-order valence-corrected chi connectivity index (χ0v) is 22.9. The Bertz CT molecular complexity index is 1160. The highest BCUT2D eigenvalue weighted by atomic mass is 16.6. The summed E-state index contributed by atoms with van der Waals surface area (Å²) in [6.07, 6.45) is 1.86. The summed E-state index contributed by atoms with van der Waals surface area (Å²) in [4.78, 5) is 43.4. The molecule has 2 fully saturated rings. The topological polar surface area (TPSA) is 104 Å². The van der Waals surface area contributed by atoms with Gasteiger partial charge in [-0.25, -0.2) is 9.59 Å². The van der Waals surface area contributed by atoms with Gasteiger partial charge < -0.3 is 28.6 Å². The third kappa shape index (κ3) is 5.60. The zero-order chi connectivity index (χ0) is 28.0. The molecule has 2 saturated heterocycles. The molecule has 210 valence electrons. The molecule has 0 aromatic heterocycles. The lowest BCUT2D eigenvalue weighted by Gasteiger charge is -2.38. The average Bonchev–Trinajstić information content (AvgIpc) is 3.63. The van der Waals surface area contributed by atoms with Gasteiger partial charge in [-0.1, -0.05) is 30.3 Å². The van der Waals surface area contributed by atoms with Crippen molar-refractivity contribution in [2.24, 2.45) is 0 Å². The summed E-state index contributed by atoms with van der Waals surface area (Å²) in [7, 11) is 5.89. The lowest BCUT2D eigenvalue weighted by Crippen LogP contribution is -2.59. The minimum absolute atomic E-state index is 0.119. The van der Waals surface area contributed by atoms with Crippen molar-refractivity contribution in [1.82, 2.24) is 9.80 Å². The SMILES string of the molecule is COC(=O)C1(Cc2cc(OC)c(OC)c(OC)c2)CCCN1C(=O)[C@@H]1CCCN1C(=O)OCc1ccccc1. The van der Waals surface area contributed by atoms with Crippen molar-refractivity contribution in [1.29, 1.82) is 0 Å². The van der Waals surface area contributed by atoms with Gasteiger partial charge in [0.1, 0.15) is 18.2 Å². The summed E-state index contributed by atoms with van der Waals surface area (Å²) < 4.78 is 27.2. The van der Waals surface area contributed by atoms with Crippen molar-refractivity contribution in [3.05, 3.63) is 53.6 Å². The number of benzene rings is 2. The Labute approximate surface area is 228 Å². The predicted molar refractivity (Wildman–Crippen MR) is 142 cm³/mol. The van der Waals surface area contributed by atoms with E-state index in [1.54, 1.807) is 17.0 Å². The van der Waals surface area contributed by atoms with Crippen LogP contribution in [-0.2, 0) is 32.1 Å². The molecule has 2 aliphatic heterocycles. The molecule has 0 spiro atoms.